The fraction of sp³-hybridized carbons (Fsp3) is 0.211. The van der Waals surface area contributed by atoms with Gasteiger partial charge in [-0.05, 0) is 42.7 Å². The Morgan fingerprint density at radius 2 is 1.89 bits per heavy atom. The predicted octanol–water partition coefficient (Wildman–Crippen LogP) is 4.97. The predicted molar refractivity (Wildman–Crippen MR) is 112 cm³/mol. The van der Waals surface area contributed by atoms with E-state index in [1.165, 1.54) is 28.0 Å². The van der Waals surface area contributed by atoms with Gasteiger partial charge in [-0.15, -0.1) is 22.7 Å². The van der Waals surface area contributed by atoms with Crippen molar-refractivity contribution in [1.82, 2.24) is 4.98 Å². The van der Waals surface area contributed by atoms with Gasteiger partial charge in [-0.3, -0.25) is 9.59 Å². The number of rotatable bonds is 2. The van der Waals surface area contributed by atoms with Crippen molar-refractivity contribution >= 4 is 64.2 Å². The van der Waals surface area contributed by atoms with Crippen LogP contribution in [0, 0.1) is 16.8 Å². The van der Waals surface area contributed by atoms with Crippen LogP contribution in [0.15, 0.2) is 46.8 Å². The topological polar surface area (TPSA) is 53.2 Å². The average molecular weight is 431 g/mol. The molecule has 5 rings (SSSR count). The molecule has 1 N–H and O–H groups in total. The Kier molecular flexibility index (Phi) is 4.12. The van der Waals surface area contributed by atoms with Gasteiger partial charge in [0.2, 0.25) is 11.8 Å². The van der Waals surface area contributed by atoms with E-state index < -0.39 is 11.2 Å². The number of aromatic nitrogens is 1. The number of aromatic amines is 1. The second kappa shape index (κ2) is 6.41. The van der Waals surface area contributed by atoms with E-state index in [9.17, 15) is 9.59 Å². The number of thioether (sulfide) groups is 1. The van der Waals surface area contributed by atoms with Crippen LogP contribution in [0.5, 0.6) is 0 Å². The molecule has 3 unspecified atom stereocenters. The Bertz CT molecular complexity index is 1100. The zero-order chi connectivity index (χ0) is 18.7. The summed E-state index contributed by atoms with van der Waals surface area (Å²) in [5.41, 5.74) is 1.74. The Morgan fingerprint density at radius 1 is 1.11 bits per heavy atom. The van der Waals surface area contributed by atoms with E-state index in [1.54, 1.807) is 11.3 Å². The molecule has 4 heterocycles. The highest BCUT2D eigenvalue weighted by Gasteiger charge is 2.56. The number of thiazole rings is 1. The number of imide groups is 1. The zero-order valence-electron chi connectivity index (χ0n) is 14.2. The van der Waals surface area contributed by atoms with Gasteiger partial charge in [0.1, 0.15) is 5.25 Å². The fourth-order valence-electron chi connectivity index (χ4n) is 3.74. The van der Waals surface area contributed by atoms with Crippen molar-refractivity contribution in [2.45, 2.75) is 23.1 Å². The minimum atomic E-state index is -0.432. The van der Waals surface area contributed by atoms with Crippen molar-refractivity contribution in [2.75, 3.05) is 4.90 Å². The van der Waals surface area contributed by atoms with Gasteiger partial charge in [0.05, 0.1) is 16.6 Å². The van der Waals surface area contributed by atoms with Gasteiger partial charge in [0, 0.05) is 15.7 Å². The first kappa shape index (κ1) is 17.4. The molecule has 1 aromatic carbocycles. The summed E-state index contributed by atoms with van der Waals surface area (Å²) in [5.74, 6) is -0.797. The van der Waals surface area contributed by atoms with Crippen molar-refractivity contribution in [1.29, 1.82) is 0 Å². The number of amides is 2. The first-order valence-electron chi connectivity index (χ1n) is 8.42. The molecular formula is C19H14N2O2S4. The highest BCUT2D eigenvalue weighted by molar-refractivity contribution is 8.01. The molecule has 1 fully saturated rings. The molecule has 2 aliphatic heterocycles. The monoisotopic (exact) mass is 430 g/mol. The molecule has 2 aliphatic rings. The molecule has 0 radical (unpaired) electrons. The number of benzene rings is 1. The summed E-state index contributed by atoms with van der Waals surface area (Å²) in [6, 6.07) is 11.6. The van der Waals surface area contributed by atoms with Crippen LogP contribution in [0.25, 0.3) is 0 Å². The van der Waals surface area contributed by atoms with E-state index in [4.69, 9.17) is 12.2 Å². The number of thiophene rings is 1. The second-order valence-electron chi connectivity index (χ2n) is 6.61. The number of fused-ring (bicyclic) bond motifs is 2. The van der Waals surface area contributed by atoms with Crippen molar-refractivity contribution in [3.63, 3.8) is 0 Å². The third kappa shape index (κ3) is 2.66. The zero-order valence-corrected chi connectivity index (χ0v) is 17.4. The van der Waals surface area contributed by atoms with Crippen LogP contribution in [-0.2, 0) is 9.59 Å². The van der Waals surface area contributed by atoms with Gasteiger partial charge >= 0.3 is 0 Å². The molecule has 3 atom stereocenters. The van der Waals surface area contributed by atoms with Crippen LogP contribution >= 0.6 is 46.7 Å². The Labute approximate surface area is 173 Å². The lowest BCUT2D eigenvalue weighted by molar-refractivity contribution is -0.122. The van der Waals surface area contributed by atoms with Gasteiger partial charge in [0.15, 0.2) is 3.95 Å². The van der Waals surface area contributed by atoms with Gasteiger partial charge in [-0.2, -0.15) is 0 Å². The van der Waals surface area contributed by atoms with Crippen molar-refractivity contribution in [2.24, 2.45) is 5.92 Å². The maximum Gasteiger partial charge on any atom is 0.248 e. The molecule has 0 aliphatic carbocycles. The molecule has 2 amide bonds. The van der Waals surface area contributed by atoms with E-state index in [0.717, 1.165) is 20.3 Å². The summed E-state index contributed by atoms with van der Waals surface area (Å²) in [6.45, 7) is 1.99. The van der Waals surface area contributed by atoms with Gasteiger partial charge in [-0.25, -0.2) is 4.90 Å². The molecule has 0 spiro atoms. The lowest BCUT2D eigenvalue weighted by Gasteiger charge is -2.28. The number of nitrogens with one attached hydrogen (secondary N) is 1. The van der Waals surface area contributed by atoms with E-state index >= 15 is 0 Å². The van der Waals surface area contributed by atoms with Crippen LogP contribution in [0.1, 0.15) is 21.2 Å². The van der Waals surface area contributed by atoms with E-state index in [1.807, 2.05) is 48.7 Å². The molecule has 2 aromatic heterocycles. The van der Waals surface area contributed by atoms with Crippen molar-refractivity contribution in [3.05, 3.63) is 61.1 Å². The van der Waals surface area contributed by atoms with Gasteiger partial charge in [-0.1, -0.05) is 35.5 Å². The quantitative estimate of drug-likeness (QED) is 0.461. The lowest BCUT2D eigenvalue weighted by atomic mass is 9.87. The number of hydrogen-bond donors (Lipinski definition) is 1. The van der Waals surface area contributed by atoms with E-state index in [2.05, 4.69) is 4.98 Å². The summed E-state index contributed by atoms with van der Waals surface area (Å²) in [5, 5.41) is 2.51. The fourth-order valence-corrected chi connectivity index (χ4v) is 7.65. The van der Waals surface area contributed by atoms with Gasteiger partial charge < -0.3 is 4.98 Å². The maximum absolute atomic E-state index is 13.4. The van der Waals surface area contributed by atoms with Crippen LogP contribution < -0.4 is 4.90 Å². The highest BCUT2D eigenvalue weighted by Crippen LogP contribution is 2.54. The summed E-state index contributed by atoms with van der Waals surface area (Å²) < 4.78 is 0.685. The molecule has 136 valence electrons. The summed E-state index contributed by atoms with van der Waals surface area (Å²) >= 11 is 9.91. The number of nitrogens with zero attached hydrogens (tertiary/aromatic N) is 1. The number of hydrogen-bond acceptors (Lipinski definition) is 6. The summed E-state index contributed by atoms with van der Waals surface area (Å²) in [4.78, 5) is 33.4. The van der Waals surface area contributed by atoms with Crippen LogP contribution in [0.2, 0.25) is 0 Å². The Hall–Kier alpha value is -1.74. The molecule has 4 nitrogen and oxygen atoms in total. The third-order valence-corrected chi connectivity index (χ3v) is 8.67. The Morgan fingerprint density at radius 3 is 2.59 bits per heavy atom. The largest absolute Gasteiger partial charge is 0.332 e. The first-order valence-corrected chi connectivity index (χ1v) is 11.4. The summed E-state index contributed by atoms with van der Waals surface area (Å²) in [6.07, 6.45) is 0. The average Bonchev–Trinajstić information content (AvgIpc) is 3.34. The number of carbonyl (C=O) groups is 2. The number of carbonyl (C=O) groups excluding carboxylic acids is 2. The smallest absolute Gasteiger partial charge is 0.248 e. The van der Waals surface area contributed by atoms with Crippen LogP contribution in [0.4, 0.5) is 5.69 Å². The molecule has 0 saturated carbocycles. The van der Waals surface area contributed by atoms with Crippen LogP contribution in [-0.4, -0.2) is 22.0 Å². The summed E-state index contributed by atoms with van der Waals surface area (Å²) in [7, 11) is 0. The minimum Gasteiger partial charge on any atom is -0.332 e. The molecule has 1 saturated heterocycles. The molecule has 0 bridgehead atoms. The number of aryl methyl sites for hydroxylation is 1. The second-order valence-corrected chi connectivity index (χ2v) is 10.5. The molecule has 3 aromatic rings. The number of anilines is 1. The lowest BCUT2D eigenvalue weighted by Crippen LogP contribution is -2.32. The maximum atomic E-state index is 13.4. The van der Waals surface area contributed by atoms with Crippen molar-refractivity contribution in [3.8, 4) is 0 Å². The van der Waals surface area contributed by atoms with E-state index in [0.29, 0.717) is 9.64 Å². The SMILES string of the molecule is Cc1ccc(N2C(=O)C3Sc4[nH]c(=S)sc4C(c4cccs4)C3C2=O)cc1. The normalized spacial score (nSPS) is 24.2. The molecular weight excluding hydrogens is 416 g/mol. The first-order chi connectivity index (χ1) is 13.0. The van der Waals surface area contributed by atoms with Gasteiger partial charge in [0.25, 0.3) is 0 Å². The molecule has 8 heteroatoms. The van der Waals surface area contributed by atoms with Crippen molar-refractivity contribution < 1.29 is 9.59 Å². The van der Waals surface area contributed by atoms with E-state index in [-0.39, 0.29) is 17.7 Å². The number of H-pyrrole nitrogens is 1. The minimum absolute atomic E-state index is 0.121. The standard InChI is InChI=1S/C19H14N2O2S4/c1-9-4-6-10(7-5-9)21-17(22)13-12(11-3-2-8-25-11)14-16(20-19(24)27-14)26-15(13)18(21)23/h2-8,12-13,15H,1H3,(H,20,24). The van der Waals surface area contributed by atoms with Crippen LogP contribution in [0.3, 0.4) is 0 Å². The Balaban J connectivity index is 1.64. The molecule has 27 heavy (non-hydrogen) atoms. The third-order valence-electron chi connectivity index (χ3n) is 4.97. The highest BCUT2D eigenvalue weighted by atomic mass is 32.2.